The molecule has 0 amide bonds. The fourth-order valence-electron chi connectivity index (χ4n) is 2.59. The molecular weight excluding hydrogens is 292 g/mol. The third kappa shape index (κ3) is 6.85. The van der Waals surface area contributed by atoms with E-state index in [1.54, 1.807) is 0 Å². The van der Waals surface area contributed by atoms with Crippen LogP contribution < -0.4 is 0 Å². The van der Waals surface area contributed by atoms with Crippen molar-refractivity contribution in [2.75, 3.05) is 0 Å². The highest BCUT2D eigenvalue weighted by molar-refractivity contribution is 5.71. The van der Waals surface area contributed by atoms with Crippen molar-refractivity contribution >= 4 is 6.08 Å². The van der Waals surface area contributed by atoms with E-state index in [-0.39, 0.29) is 5.56 Å². The van der Waals surface area contributed by atoms with Gasteiger partial charge >= 0.3 is 0 Å². The van der Waals surface area contributed by atoms with Crippen molar-refractivity contribution in [2.24, 2.45) is 0 Å². The van der Waals surface area contributed by atoms with E-state index >= 15 is 0 Å². The normalized spacial score (nSPS) is 11.3. The lowest BCUT2D eigenvalue weighted by Crippen LogP contribution is -1.82. The summed E-state index contributed by atoms with van der Waals surface area (Å²) in [5.41, 5.74) is 0.0541. The van der Waals surface area contributed by atoms with Crippen LogP contribution in [0.1, 0.15) is 76.7 Å². The summed E-state index contributed by atoms with van der Waals surface area (Å²) < 4.78 is 0. The molecule has 1 rings (SSSR count). The van der Waals surface area contributed by atoms with Crippen LogP contribution in [0.3, 0.4) is 0 Å². The predicted octanol–water partition coefficient (Wildman–Crippen LogP) is 5.44. The Balaban J connectivity index is 2.23. The Hall–Kier alpha value is -1.84. The van der Waals surface area contributed by atoms with Crippen LogP contribution in [-0.4, -0.2) is 20.4 Å². The molecule has 0 radical (unpaired) electrons. The summed E-state index contributed by atoms with van der Waals surface area (Å²) in [5.74, 6) is -1.71. The fourth-order valence-corrected chi connectivity index (χ4v) is 2.59. The summed E-state index contributed by atoms with van der Waals surface area (Å²) in [6.07, 6.45) is 15.6. The molecule has 0 saturated carbocycles. The summed E-state index contributed by atoms with van der Waals surface area (Å²) in [5, 5.41) is 38.2. The third-order valence-corrected chi connectivity index (χ3v) is 4.03. The Morgan fingerprint density at radius 2 is 1.22 bits per heavy atom. The van der Waals surface area contributed by atoms with E-state index in [1.165, 1.54) is 57.4 Å². The molecule has 1 aromatic rings. The van der Waals surface area contributed by atoms with Gasteiger partial charge in [-0.3, -0.25) is 0 Å². The van der Waals surface area contributed by atoms with Gasteiger partial charge in [0.1, 0.15) is 0 Å². The average molecular weight is 322 g/mol. The first-order valence-electron chi connectivity index (χ1n) is 8.71. The maximum atomic E-state index is 9.69. The molecule has 4 heteroatoms. The van der Waals surface area contributed by atoms with Crippen molar-refractivity contribution in [1.82, 2.24) is 0 Å². The molecule has 0 unspecified atom stereocenters. The number of phenolic OH excluding ortho intramolecular Hbond substituents is 4. The second-order valence-corrected chi connectivity index (χ2v) is 6.05. The lowest BCUT2D eigenvalue weighted by Gasteiger charge is -2.06. The van der Waals surface area contributed by atoms with Crippen molar-refractivity contribution < 1.29 is 20.4 Å². The molecule has 0 spiro atoms. The van der Waals surface area contributed by atoms with Crippen LogP contribution in [0.2, 0.25) is 0 Å². The minimum Gasteiger partial charge on any atom is -0.504 e. The molecule has 0 atom stereocenters. The van der Waals surface area contributed by atoms with Gasteiger partial charge in [0.05, 0.1) is 5.56 Å². The lowest BCUT2D eigenvalue weighted by molar-refractivity contribution is 0.371. The molecular formula is C19H30O4. The van der Waals surface area contributed by atoms with Gasteiger partial charge in [-0.05, 0) is 12.8 Å². The standard InChI is InChI=1S/C19H30O4/c1-2-3-4-5-6-7-8-9-10-11-12-13-15-18(22)16(20)14-17(21)19(15)23/h12-14,20-23H,2-11H2,1H3/b13-12+. The largest absolute Gasteiger partial charge is 0.504 e. The zero-order valence-electron chi connectivity index (χ0n) is 14.1. The summed E-state index contributed by atoms with van der Waals surface area (Å²) in [4.78, 5) is 0. The van der Waals surface area contributed by atoms with Crippen LogP contribution in [0.15, 0.2) is 12.1 Å². The van der Waals surface area contributed by atoms with Gasteiger partial charge in [0.15, 0.2) is 23.0 Å². The summed E-state index contributed by atoms with van der Waals surface area (Å²) in [6.45, 7) is 2.23. The number of hydrogen-bond acceptors (Lipinski definition) is 4. The van der Waals surface area contributed by atoms with E-state index < -0.39 is 23.0 Å². The maximum Gasteiger partial charge on any atom is 0.168 e. The van der Waals surface area contributed by atoms with Gasteiger partial charge in [-0.1, -0.05) is 70.4 Å². The summed E-state index contributed by atoms with van der Waals surface area (Å²) in [7, 11) is 0. The highest BCUT2D eigenvalue weighted by Gasteiger charge is 2.14. The Kier molecular flexibility index (Phi) is 9.03. The van der Waals surface area contributed by atoms with Crippen molar-refractivity contribution in [3.05, 3.63) is 17.7 Å². The van der Waals surface area contributed by atoms with E-state index in [0.717, 1.165) is 18.9 Å². The van der Waals surface area contributed by atoms with E-state index in [0.29, 0.717) is 0 Å². The molecule has 0 saturated heterocycles. The molecule has 4 N–H and O–H groups in total. The first kappa shape index (κ1) is 19.2. The smallest absolute Gasteiger partial charge is 0.168 e. The Bertz CT molecular complexity index is 468. The van der Waals surface area contributed by atoms with Crippen molar-refractivity contribution in [3.8, 4) is 23.0 Å². The summed E-state index contributed by atoms with van der Waals surface area (Å²) in [6, 6.07) is 0.919. The predicted molar refractivity (Wildman–Crippen MR) is 94.0 cm³/mol. The van der Waals surface area contributed by atoms with Gasteiger partial charge in [-0.2, -0.15) is 0 Å². The Morgan fingerprint density at radius 3 is 1.74 bits per heavy atom. The molecule has 4 nitrogen and oxygen atoms in total. The van der Waals surface area contributed by atoms with Crippen LogP contribution in [0, 0.1) is 0 Å². The topological polar surface area (TPSA) is 80.9 Å². The van der Waals surface area contributed by atoms with Gasteiger partial charge in [-0.15, -0.1) is 0 Å². The second-order valence-electron chi connectivity index (χ2n) is 6.05. The minimum absolute atomic E-state index is 0.0541. The number of hydrogen-bond donors (Lipinski definition) is 4. The van der Waals surface area contributed by atoms with E-state index in [4.69, 9.17) is 0 Å². The molecule has 1 aromatic carbocycles. The quantitative estimate of drug-likeness (QED) is 0.248. The first-order chi connectivity index (χ1) is 11.1. The van der Waals surface area contributed by atoms with Crippen LogP contribution in [0.5, 0.6) is 23.0 Å². The number of rotatable bonds is 11. The average Bonchev–Trinajstić information content (AvgIpc) is 2.53. The van der Waals surface area contributed by atoms with Gasteiger partial charge in [0, 0.05) is 6.07 Å². The monoisotopic (exact) mass is 322 g/mol. The second kappa shape index (κ2) is 10.8. The number of aromatic hydroxyl groups is 4. The molecule has 130 valence electrons. The number of phenols is 4. The Morgan fingerprint density at radius 1 is 0.739 bits per heavy atom. The van der Waals surface area contributed by atoms with Gasteiger partial charge in [0.25, 0.3) is 0 Å². The van der Waals surface area contributed by atoms with Crippen LogP contribution in [0.25, 0.3) is 6.08 Å². The van der Waals surface area contributed by atoms with Crippen molar-refractivity contribution in [1.29, 1.82) is 0 Å². The SMILES string of the molecule is CCCCCCCCCCC/C=C/c1c(O)c(O)cc(O)c1O. The Labute approximate surface area is 139 Å². The highest BCUT2D eigenvalue weighted by atomic mass is 16.3. The molecule has 0 heterocycles. The van der Waals surface area contributed by atoms with E-state index in [2.05, 4.69) is 6.92 Å². The number of unbranched alkanes of at least 4 members (excludes halogenated alkanes) is 9. The van der Waals surface area contributed by atoms with Gasteiger partial charge in [-0.25, -0.2) is 0 Å². The molecule has 0 aromatic heterocycles. The summed E-state index contributed by atoms with van der Waals surface area (Å²) >= 11 is 0. The van der Waals surface area contributed by atoms with Crippen molar-refractivity contribution in [2.45, 2.75) is 71.1 Å². The van der Waals surface area contributed by atoms with Crippen molar-refractivity contribution in [3.63, 3.8) is 0 Å². The number of benzene rings is 1. The maximum absolute atomic E-state index is 9.69. The fraction of sp³-hybridized carbons (Fsp3) is 0.579. The number of allylic oxidation sites excluding steroid dienone is 1. The molecule has 0 aliphatic rings. The zero-order valence-corrected chi connectivity index (χ0v) is 14.1. The first-order valence-corrected chi connectivity index (χ1v) is 8.71. The lowest BCUT2D eigenvalue weighted by atomic mass is 10.1. The van der Waals surface area contributed by atoms with Crippen LogP contribution in [0.4, 0.5) is 0 Å². The highest BCUT2D eigenvalue weighted by Crippen LogP contribution is 2.42. The van der Waals surface area contributed by atoms with Gasteiger partial charge < -0.3 is 20.4 Å². The van der Waals surface area contributed by atoms with E-state index in [9.17, 15) is 20.4 Å². The molecule has 0 aliphatic carbocycles. The van der Waals surface area contributed by atoms with E-state index in [1.807, 2.05) is 6.08 Å². The molecule has 0 fully saturated rings. The molecule has 23 heavy (non-hydrogen) atoms. The molecule has 0 bridgehead atoms. The molecule has 0 aliphatic heterocycles. The zero-order chi connectivity index (χ0) is 17.1. The van der Waals surface area contributed by atoms with Gasteiger partial charge in [0.2, 0.25) is 0 Å². The van der Waals surface area contributed by atoms with Crippen LogP contribution >= 0.6 is 0 Å². The minimum atomic E-state index is -0.442. The van der Waals surface area contributed by atoms with Crippen LogP contribution in [-0.2, 0) is 0 Å². The third-order valence-electron chi connectivity index (χ3n) is 4.03.